The van der Waals surface area contributed by atoms with Crippen LogP contribution < -0.4 is 0 Å². The number of esters is 1. The average molecular weight is 252 g/mol. The fourth-order valence-corrected chi connectivity index (χ4v) is 1.89. The van der Waals surface area contributed by atoms with Gasteiger partial charge in [0.25, 0.3) is 0 Å². The van der Waals surface area contributed by atoms with Gasteiger partial charge in [0.1, 0.15) is 0 Å². The molecule has 0 saturated heterocycles. The predicted molar refractivity (Wildman–Crippen MR) is 72.6 cm³/mol. The smallest absolute Gasteiger partial charge is 0.363 e. The van der Waals surface area contributed by atoms with E-state index in [1.807, 2.05) is 43.3 Å². The molecule has 94 valence electrons. The standard InChI is InChI=1S/C15H12N2O2/c1-10-4-2-5-11(8-10)14-17-13(15(18)19-14)9-12-6-3-7-16-12/h2-9,16H,1H3/b13-9-. The van der Waals surface area contributed by atoms with E-state index in [-0.39, 0.29) is 0 Å². The predicted octanol–water partition coefficient (Wildman–Crippen LogP) is 2.67. The van der Waals surface area contributed by atoms with Crippen molar-refractivity contribution in [3.05, 3.63) is 65.1 Å². The van der Waals surface area contributed by atoms with Gasteiger partial charge in [0, 0.05) is 17.5 Å². The van der Waals surface area contributed by atoms with Gasteiger partial charge in [0.15, 0.2) is 5.70 Å². The summed E-state index contributed by atoms with van der Waals surface area (Å²) in [5.74, 6) is -0.0717. The van der Waals surface area contributed by atoms with Crippen molar-refractivity contribution >= 4 is 17.9 Å². The number of aliphatic imine (C=N–C) groups is 1. The van der Waals surface area contributed by atoms with Crippen molar-refractivity contribution in [3.63, 3.8) is 0 Å². The number of nitrogens with one attached hydrogen (secondary N) is 1. The number of H-pyrrole nitrogens is 1. The van der Waals surface area contributed by atoms with Gasteiger partial charge in [-0.15, -0.1) is 0 Å². The van der Waals surface area contributed by atoms with Crippen LogP contribution in [0.25, 0.3) is 6.08 Å². The van der Waals surface area contributed by atoms with Crippen LogP contribution in [-0.2, 0) is 9.53 Å². The van der Waals surface area contributed by atoms with Crippen LogP contribution >= 0.6 is 0 Å². The Morgan fingerprint density at radius 3 is 2.89 bits per heavy atom. The van der Waals surface area contributed by atoms with Crippen molar-refractivity contribution in [2.24, 2.45) is 4.99 Å². The van der Waals surface area contributed by atoms with E-state index in [1.54, 1.807) is 12.3 Å². The number of carbonyl (C=O) groups excluding carboxylic acids is 1. The van der Waals surface area contributed by atoms with E-state index < -0.39 is 5.97 Å². The first-order valence-electron chi connectivity index (χ1n) is 5.95. The summed E-state index contributed by atoms with van der Waals surface area (Å²) >= 11 is 0. The molecule has 0 radical (unpaired) electrons. The summed E-state index contributed by atoms with van der Waals surface area (Å²) in [6, 6.07) is 11.4. The van der Waals surface area contributed by atoms with E-state index in [2.05, 4.69) is 9.98 Å². The summed E-state index contributed by atoms with van der Waals surface area (Å²) < 4.78 is 5.19. The first kappa shape index (κ1) is 11.5. The number of aromatic nitrogens is 1. The molecule has 0 atom stereocenters. The van der Waals surface area contributed by atoms with Crippen LogP contribution in [-0.4, -0.2) is 16.9 Å². The highest BCUT2D eigenvalue weighted by molar-refractivity contribution is 6.12. The van der Waals surface area contributed by atoms with Gasteiger partial charge in [-0.2, -0.15) is 0 Å². The van der Waals surface area contributed by atoms with Gasteiger partial charge in [-0.1, -0.05) is 17.7 Å². The average Bonchev–Trinajstić information content (AvgIpc) is 3.01. The van der Waals surface area contributed by atoms with Gasteiger partial charge in [-0.05, 0) is 37.3 Å². The van der Waals surface area contributed by atoms with E-state index >= 15 is 0 Å². The van der Waals surface area contributed by atoms with Gasteiger partial charge < -0.3 is 9.72 Å². The lowest BCUT2D eigenvalue weighted by atomic mass is 10.1. The highest BCUT2D eigenvalue weighted by Gasteiger charge is 2.24. The number of hydrogen-bond acceptors (Lipinski definition) is 3. The summed E-state index contributed by atoms with van der Waals surface area (Å²) in [5.41, 5.74) is 3.03. The second kappa shape index (κ2) is 4.57. The van der Waals surface area contributed by atoms with Crippen molar-refractivity contribution in [1.29, 1.82) is 0 Å². The Labute approximate surface area is 110 Å². The molecule has 1 aromatic carbocycles. The Balaban J connectivity index is 1.95. The van der Waals surface area contributed by atoms with Crippen LogP contribution in [0.2, 0.25) is 0 Å². The summed E-state index contributed by atoms with van der Waals surface area (Å²) in [4.78, 5) is 19.0. The third kappa shape index (κ3) is 2.33. The molecule has 4 nitrogen and oxygen atoms in total. The number of aromatic amines is 1. The highest BCUT2D eigenvalue weighted by Crippen LogP contribution is 2.19. The summed E-state index contributed by atoms with van der Waals surface area (Å²) in [7, 11) is 0. The summed E-state index contributed by atoms with van der Waals surface area (Å²) in [6.07, 6.45) is 3.46. The second-order valence-corrected chi connectivity index (χ2v) is 4.33. The summed E-state index contributed by atoms with van der Waals surface area (Å²) in [6.45, 7) is 1.98. The first-order chi connectivity index (χ1) is 9.22. The summed E-state index contributed by atoms with van der Waals surface area (Å²) in [5, 5.41) is 0. The quantitative estimate of drug-likeness (QED) is 0.660. The Morgan fingerprint density at radius 2 is 2.16 bits per heavy atom. The second-order valence-electron chi connectivity index (χ2n) is 4.33. The lowest BCUT2D eigenvalue weighted by Crippen LogP contribution is -2.05. The molecule has 1 aliphatic heterocycles. The minimum Gasteiger partial charge on any atom is -0.402 e. The lowest BCUT2D eigenvalue weighted by Gasteiger charge is -1.99. The Hall–Kier alpha value is -2.62. The molecule has 0 saturated carbocycles. The fourth-order valence-electron chi connectivity index (χ4n) is 1.89. The Kier molecular flexibility index (Phi) is 2.76. The molecule has 1 aromatic heterocycles. The van der Waals surface area contributed by atoms with Crippen LogP contribution in [0.5, 0.6) is 0 Å². The number of benzene rings is 1. The fraction of sp³-hybridized carbons (Fsp3) is 0.0667. The van der Waals surface area contributed by atoms with Crippen molar-refractivity contribution < 1.29 is 9.53 Å². The number of cyclic esters (lactones) is 1. The monoisotopic (exact) mass is 252 g/mol. The van der Waals surface area contributed by atoms with Gasteiger partial charge in [-0.3, -0.25) is 0 Å². The number of hydrogen-bond donors (Lipinski definition) is 1. The third-order valence-electron chi connectivity index (χ3n) is 2.80. The molecule has 0 bridgehead atoms. The number of aryl methyl sites for hydroxylation is 1. The van der Waals surface area contributed by atoms with Crippen molar-refractivity contribution in [3.8, 4) is 0 Å². The maximum atomic E-state index is 11.8. The van der Waals surface area contributed by atoms with Crippen LogP contribution in [0.4, 0.5) is 0 Å². The molecule has 0 unspecified atom stereocenters. The molecule has 2 aromatic rings. The zero-order valence-electron chi connectivity index (χ0n) is 10.4. The van der Waals surface area contributed by atoms with Crippen molar-refractivity contribution in [2.75, 3.05) is 0 Å². The highest BCUT2D eigenvalue weighted by atomic mass is 16.6. The molecular formula is C15H12N2O2. The molecule has 0 aliphatic carbocycles. The molecule has 3 rings (SSSR count). The van der Waals surface area contributed by atoms with Gasteiger partial charge in [0.2, 0.25) is 5.90 Å². The topological polar surface area (TPSA) is 54.5 Å². The number of nitrogens with zero attached hydrogens (tertiary/aromatic N) is 1. The minimum absolute atomic E-state index is 0.305. The SMILES string of the molecule is Cc1cccc(C2=N/C(=C\c3ccc[nH]3)C(=O)O2)c1. The van der Waals surface area contributed by atoms with Crippen molar-refractivity contribution in [2.45, 2.75) is 6.92 Å². The first-order valence-corrected chi connectivity index (χ1v) is 5.95. The molecule has 1 N–H and O–H groups in total. The molecule has 0 fully saturated rings. The Bertz CT molecular complexity index is 682. The molecule has 1 aliphatic rings. The van der Waals surface area contributed by atoms with E-state index in [9.17, 15) is 4.79 Å². The molecule has 0 spiro atoms. The maximum Gasteiger partial charge on any atom is 0.363 e. The van der Waals surface area contributed by atoms with Crippen LogP contribution in [0, 0.1) is 6.92 Å². The third-order valence-corrected chi connectivity index (χ3v) is 2.80. The van der Waals surface area contributed by atoms with Crippen LogP contribution in [0.1, 0.15) is 16.8 Å². The van der Waals surface area contributed by atoms with E-state index in [4.69, 9.17) is 4.74 Å². The van der Waals surface area contributed by atoms with E-state index in [0.29, 0.717) is 11.6 Å². The molecule has 2 heterocycles. The zero-order valence-corrected chi connectivity index (χ0v) is 10.4. The number of ether oxygens (including phenoxy) is 1. The van der Waals surface area contributed by atoms with E-state index in [0.717, 1.165) is 16.8 Å². The normalized spacial score (nSPS) is 16.6. The van der Waals surface area contributed by atoms with E-state index in [1.165, 1.54) is 0 Å². The molecule has 4 heteroatoms. The van der Waals surface area contributed by atoms with Crippen LogP contribution in [0.3, 0.4) is 0 Å². The maximum absolute atomic E-state index is 11.8. The van der Waals surface area contributed by atoms with Gasteiger partial charge >= 0.3 is 5.97 Å². The zero-order chi connectivity index (χ0) is 13.2. The van der Waals surface area contributed by atoms with Crippen molar-refractivity contribution in [1.82, 2.24) is 4.98 Å². The number of carbonyl (C=O) groups is 1. The molecule has 0 amide bonds. The Morgan fingerprint density at radius 1 is 1.26 bits per heavy atom. The lowest BCUT2D eigenvalue weighted by molar-refractivity contribution is -0.129. The largest absolute Gasteiger partial charge is 0.402 e. The van der Waals surface area contributed by atoms with Crippen LogP contribution in [0.15, 0.2) is 53.3 Å². The molecular weight excluding hydrogens is 240 g/mol. The molecule has 19 heavy (non-hydrogen) atoms. The minimum atomic E-state index is -0.425. The van der Waals surface area contributed by atoms with Gasteiger partial charge in [-0.25, -0.2) is 9.79 Å². The number of rotatable bonds is 2. The van der Waals surface area contributed by atoms with Gasteiger partial charge in [0.05, 0.1) is 0 Å².